The second kappa shape index (κ2) is 13.9. The third-order valence-electron chi connectivity index (χ3n) is 12.3. The highest BCUT2D eigenvalue weighted by Crippen LogP contribution is 2.47. The maximum atomic E-state index is 2.51. The molecule has 0 radical (unpaired) electrons. The van der Waals surface area contributed by atoms with Crippen LogP contribution in [0.25, 0.3) is 93.0 Å². The lowest BCUT2D eigenvalue weighted by Gasteiger charge is -2.28. The average Bonchev–Trinajstić information content (AvgIpc) is 3.69. The van der Waals surface area contributed by atoms with Crippen LogP contribution in [0.5, 0.6) is 0 Å². The van der Waals surface area contributed by atoms with Gasteiger partial charge in [0.25, 0.3) is 0 Å². The number of nitrogens with zero attached hydrogens (tertiary/aromatic N) is 2. The first kappa shape index (κ1) is 34.1. The first-order valence-electron chi connectivity index (χ1n) is 20.7. The molecule has 10 aromatic carbocycles. The molecule has 0 N–H and O–H groups in total. The average molecular weight is 763 g/mol. The number of rotatable bonds is 6. The van der Waals surface area contributed by atoms with Crippen molar-refractivity contribution in [2.75, 3.05) is 4.90 Å². The third kappa shape index (κ3) is 5.35. The molecule has 0 spiro atoms. The van der Waals surface area contributed by atoms with Gasteiger partial charge in [-0.2, -0.15) is 0 Å². The summed E-state index contributed by atoms with van der Waals surface area (Å²) in [6.07, 6.45) is 0. The lowest BCUT2D eigenvalue weighted by Crippen LogP contribution is -2.10. The number of fused-ring (bicyclic) bond motifs is 11. The Labute approximate surface area is 348 Å². The Hall–Kier alpha value is -7.94. The standard InChI is InChI=1S/C58H38N2/c1-3-16-39(17-4-1)40-30-34-44(35-31-40)59(55-38-43-20-7-8-21-46(43)47-22-9-12-25-50(47)55)45-36-32-41(33-37-45)53-28-15-29-54-56(42-18-5-2-6-19-42)57-51-26-13-10-23-48(51)49-24-11-14-27-52(49)58(57)60(53)54/h1-38H. The van der Waals surface area contributed by atoms with Gasteiger partial charge in [-0.05, 0) is 97.0 Å². The molecule has 0 aliphatic rings. The van der Waals surface area contributed by atoms with Gasteiger partial charge in [0.1, 0.15) is 0 Å². The minimum absolute atomic E-state index is 1.10. The Morgan fingerprint density at radius 2 is 0.800 bits per heavy atom. The summed E-state index contributed by atoms with van der Waals surface area (Å²) in [5.74, 6) is 0. The van der Waals surface area contributed by atoms with Crippen LogP contribution in [-0.2, 0) is 0 Å². The van der Waals surface area contributed by atoms with Gasteiger partial charge in [-0.1, -0.05) is 188 Å². The molecule has 280 valence electrons. The van der Waals surface area contributed by atoms with E-state index in [1.807, 2.05) is 0 Å². The van der Waals surface area contributed by atoms with Gasteiger partial charge in [0.2, 0.25) is 0 Å². The molecule has 0 saturated heterocycles. The number of hydrogen-bond acceptors (Lipinski definition) is 1. The number of benzene rings is 10. The minimum atomic E-state index is 1.10. The maximum absolute atomic E-state index is 2.51. The number of hydrogen-bond donors (Lipinski definition) is 0. The molecule has 2 heteroatoms. The highest BCUT2D eigenvalue weighted by Gasteiger charge is 2.23. The minimum Gasteiger partial charge on any atom is -0.310 e. The lowest BCUT2D eigenvalue weighted by molar-refractivity contribution is 1.26. The molecular weight excluding hydrogens is 725 g/mol. The summed E-state index contributed by atoms with van der Waals surface area (Å²) in [4.78, 5) is 2.42. The van der Waals surface area contributed by atoms with E-state index in [2.05, 4.69) is 240 Å². The van der Waals surface area contributed by atoms with Gasteiger partial charge in [-0.3, -0.25) is 0 Å². The zero-order valence-electron chi connectivity index (χ0n) is 32.8. The molecule has 0 aliphatic heterocycles. The predicted octanol–water partition coefficient (Wildman–Crippen LogP) is 16.2. The highest BCUT2D eigenvalue weighted by molar-refractivity contribution is 6.30. The molecular formula is C58H38N2. The molecule has 2 nitrogen and oxygen atoms in total. The van der Waals surface area contributed by atoms with Crippen LogP contribution in [-0.4, -0.2) is 4.40 Å². The van der Waals surface area contributed by atoms with Crippen LogP contribution in [0, 0.1) is 0 Å². The fraction of sp³-hybridized carbons (Fsp3) is 0. The molecule has 0 fully saturated rings. The quantitative estimate of drug-likeness (QED) is 0.153. The van der Waals surface area contributed by atoms with Crippen LogP contribution in [0.4, 0.5) is 17.1 Å². The zero-order valence-corrected chi connectivity index (χ0v) is 32.8. The Kier molecular flexibility index (Phi) is 7.89. The molecule has 2 aromatic heterocycles. The van der Waals surface area contributed by atoms with Crippen molar-refractivity contribution in [1.29, 1.82) is 0 Å². The van der Waals surface area contributed by atoms with E-state index in [0.29, 0.717) is 0 Å². The molecule has 0 bridgehead atoms. The van der Waals surface area contributed by atoms with Crippen molar-refractivity contribution in [2.24, 2.45) is 0 Å². The van der Waals surface area contributed by atoms with E-state index >= 15 is 0 Å². The number of pyridine rings is 1. The monoisotopic (exact) mass is 762 g/mol. The molecule has 0 aliphatic carbocycles. The van der Waals surface area contributed by atoms with E-state index < -0.39 is 0 Å². The summed E-state index contributed by atoms with van der Waals surface area (Å²) < 4.78 is 2.51. The van der Waals surface area contributed by atoms with Crippen LogP contribution in [0.2, 0.25) is 0 Å². The van der Waals surface area contributed by atoms with Gasteiger partial charge in [-0.15, -0.1) is 0 Å². The van der Waals surface area contributed by atoms with Crippen LogP contribution in [0.15, 0.2) is 231 Å². The first-order chi connectivity index (χ1) is 29.8. The van der Waals surface area contributed by atoms with Crippen LogP contribution < -0.4 is 4.90 Å². The molecule has 2 heterocycles. The fourth-order valence-corrected chi connectivity index (χ4v) is 9.67. The van der Waals surface area contributed by atoms with Crippen LogP contribution >= 0.6 is 0 Å². The van der Waals surface area contributed by atoms with E-state index in [9.17, 15) is 0 Å². The second-order valence-corrected chi connectivity index (χ2v) is 15.6. The summed E-state index contributed by atoms with van der Waals surface area (Å²) in [5, 5.41) is 11.3. The van der Waals surface area contributed by atoms with Gasteiger partial charge >= 0.3 is 0 Å². The van der Waals surface area contributed by atoms with Crippen LogP contribution in [0.1, 0.15) is 0 Å². The van der Waals surface area contributed by atoms with Gasteiger partial charge in [0, 0.05) is 33.1 Å². The first-order valence-corrected chi connectivity index (χ1v) is 20.7. The van der Waals surface area contributed by atoms with E-state index in [4.69, 9.17) is 0 Å². The highest BCUT2D eigenvalue weighted by atomic mass is 15.1. The van der Waals surface area contributed by atoms with Crippen molar-refractivity contribution in [3.05, 3.63) is 231 Å². The SMILES string of the molecule is c1ccc(-c2ccc(N(c3ccc(-c4cccc5c(-c6ccccc6)c6c7ccccc7c7ccccc7c6n45)cc3)c3cc4ccccc4c4ccccc34)cc2)cc1. The number of aromatic nitrogens is 1. The Morgan fingerprint density at radius 1 is 0.317 bits per heavy atom. The molecule has 0 unspecified atom stereocenters. The molecule has 12 aromatic rings. The van der Waals surface area contributed by atoms with Crippen LogP contribution in [0.3, 0.4) is 0 Å². The molecule has 60 heavy (non-hydrogen) atoms. The normalized spacial score (nSPS) is 11.7. The van der Waals surface area contributed by atoms with E-state index in [1.165, 1.54) is 81.8 Å². The van der Waals surface area contributed by atoms with Crippen molar-refractivity contribution in [3.63, 3.8) is 0 Å². The summed E-state index contributed by atoms with van der Waals surface area (Å²) in [6.45, 7) is 0. The van der Waals surface area contributed by atoms with Gasteiger partial charge in [0.15, 0.2) is 0 Å². The second-order valence-electron chi connectivity index (χ2n) is 15.6. The van der Waals surface area contributed by atoms with Gasteiger partial charge in [-0.25, -0.2) is 0 Å². The Balaban J connectivity index is 1.09. The van der Waals surface area contributed by atoms with Crippen molar-refractivity contribution in [2.45, 2.75) is 0 Å². The molecule has 0 saturated carbocycles. The van der Waals surface area contributed by atoms with Crippen molar-refractivity contribution in [1.82, 2.24) is 4.40 Å². The molecule has 12 rings (SSSR count). The summed E-state index contributed by atoms with van der Waals surface area (Å²) >= 11 is 0. The van der Waals surface area contributed by atoms with E-state index in [1.54, 1.807) is 0 Å². The Bertz CT molecular complexity index is 3570. The molecule has 0 atom stereocenters. The van der Waals surface area contributed by atoms with Gasteiger partial charge < -0.3 is 9.30 Å². The van der Waals surface area contributed by atoms with E-state index in [-0.39, 0.29) is 0 Å². The predicted molar refractivity (Wildman–Crippen MR) is 256 cm³/mol. The summed E-state index contributed by atoms with van der Waals surface area (Å²) in [6, 6.07) is 84.2. The fourth-order valence-electron chi connectivity index (χ4n) is 9.67. The van der Waals surface area contributed by atoms with Crippen molar-refractivity contribution < 1.29 is 0 Å². The van der Waals surface area contributed by atoms with Gasteiger partial charge in [0.05, 0.1) is 22.4 Å². The topological polar surface area (TPSA) is 7.65 Å². The van der Waals surface area contributed by atoms with Crippen molar-refractivity contribution in [3.8, 4) is 33.5 Å². The number of anilines is 3. The maximum Gasteiger partial charge on any atom is 0.0626 e. The van der Waals surface area contributed by atoms with Crippen molar-refractivity contribution >= 4 is 76.6 Å². The Morgan fingerprint density at radius 3 is 1.47 bits per heavy atom. The van der Waals surface area contributed by atoms with E-state index in [0.717, 1.165) is 28.3 Å². The smallest absolute Gasteiger partial charge is 0.0626 e. The lowest BCUT2D eigenvalue weighted by atomic mass is 9.94. The zero-order chi connectivity index (χ0) is 39.6. The molecule has 0 amide bonds. The third-order valence-corrected chi connectivity index (χ3v) is 12.3. The largest absolute Gasteiger partial charge is 0.310 e. The summed E-state index contributed by atoms with van der Waals surface area (Å²) in [7, 11) is 0. The summed E-state index contributed by atoms with van der Waals surface area (Å²) in [5.41, 5.74) is 13.0.